The first kappa shape index (κ1) is 13.9. The van der Waals surface area contributed by atoms with Crippen LogP contribution < -0.4 is 4.72 Å². The number of carbonyl (C=O) groups excluding carboxylic acids is 1. The molecule has 0 aliphatic carbocycles. The molecule has 0 unspecified atom stereocenters. The van der Waals surface area contributed by atoms with Crippen LogP contribution in [0.4, 0.5) is 0 Å². The molecule has 0 rings (SSSR count). The van der Waals surface area contributed by atoms with Crippen LogP contribution in [0.25, 0.3) is 0 Å². The average molecular weight is 233 g/mol. The van der Waals surface area contributed by atoms with Crippen LogP contribution in [0.15, 0.2) is 0 Å². The van der Waals surface area contributed by atoms with E-state index in [1.165, 1.54) is 7.11 Å². The highest BCUT2D eigenvalue weighted by Crippen LogP contribution is 1.92. The van der Waals surface area contributed by atoms with Crippen molar-refractivity contribution in [1.82, 2.24) is 4.72 Å². The summed E-state index contributed by atoms with van der Waals surface area (Å²) in [5.41, 5.74) is 0. The van der Waals surface area contributed by atoms with E-state index in [0.29, 0.717) is 6.42 Å². The molecule has 0 heterocycles. The van der Waals surface area contributed by atoms with Gasteiger partial charge in [0, 0.05) is 13.0 Å². The molecule has 0 spiro atoms. The van der Waals surface area contributed by atoms with E-state index < -0.39 is 16.0 Å². The minimum absolute atomic E-state index is 0.134. The second-order valence-electron chi connectivity index (χ2n) is 2.72. The minimum atomic E-state index is -3.39. The van der Waals surface area contributed by atoms with Crippen molar-refractivity contribution in [2.75, 3.05) is 19.4 Å². The van der Waals surface area contributed by atoms with Crippen molar-refractivity contribution in [2.24, 2.45) is 0 Å². The van der Waals surface area contributed by atoms with Gasteiger partial charge in [-0.05, 0) is 6.92 Å². The van der Waals surface area contributed by atoms with E-state index in [-0.39, 0.29) is 18.7 Å². The van der Waals surface area contributed by atoms with Gasteiger partial charge in [0.1, 0.15) is 0 Å². The number of ether oxygens (including phenoxy) is 1. The van der Waals surface area contributed by atoms with E-state index in [9.17, 15) is 13.2 Å². The van der Waals surface area contributed by atoms with Crippen LogP contribution >= 0.6 is 0 Å². The summed E-state index contributed by atoms with van der Waals surface area (Å²) in [5, 5.41) is 0. The second kappa shape index (κ2) is 7.26. The van der Waals surface area contributed by atoms with E-state index in [1.807, 2.05) is 0 Å². The van der Waals surface area contributed by atoms with Gasteiger partial charge in [-0.15, -0.1) is 11.8 Å². The van der Waals surface area contributed by atoms with E-state index in [0.717, 1.165) is 0 Å². The van der Waals surface area contributed by atoms with Crippen molar-refractivity contribution in [3.8, 4) is 11.8 Å². The van der Waals surface area contributed by atoms with E-state index in [1.54, 1.807) is 6.92 Å². The number of hydrogen-bond acceptors (Lipinski definition) is 4. The third-order valence-electron chi connectivity index (χ3n) is 1.55. The van der Waals surface area contributed by atoms with Gasteiger partial charge in [0.25, 0.3) is 0 Å². The summed E-state index contributed by atoms with van der Waals surface area (Å²) in [6.45, 7) is 1.95. The normalized spacial score (nSPS) is 10.3. The monoisotopic (exact) mass is 233 g/mol. The largest absolute Gasteiger partial charge is 0.469 e. The number of hydrogen-bond donors (Lipinski definition) is 1. The molecule has 0 aromatic heterocycles. The fraction of sp³-hybridized carbons (Fsp3) is 0.667. The van der Waals surface area contributed by atoms with Gasteiger partial charge in [-0.1, -0.05) is 0 Å². The van der Waals surface area contributed by atoms with Crippen molar-refractivity contribution < 1.29 is 17.9 Å². The van der Waals surface area contributed by atoms with Crippen LogP contribution in [0.5, 0.6) is 0 Å². The molecular weight excluding hydrogens is 218 g/mol. The summed E-state index contributed by atoms with van der Waals surface area (Å²) in [5.74, 6) is 4.60. The minimum Gasteiger partial charge on any atom is -0.469 e. The van der Waals surface area contributed by atoms with Crippen LogP contribution in [0.3, 0.4) is 0 Å². The lowest BCUT2D eigenvalue weighted by Gasteiger charge is -2.03. The number of sulfonamides is 1. The molecule has 1 N–H and O–H groups in total. The number of rotatable bonds is 6. The topological polar surface area (TPSA) is 72.5 Å². The molecule has 0 amide bonds. The Morgan fingerprint density at radius 2 is 2.13 bits per heavy atom. The van der Waals surface area contributed by atoms with Gasteiger partial charge < -0.3 is 4.74 Å². The van der Waals surface area contributed by atoms with Crippen molar-refractivity contribution in [1.29, 1.82) is 0 Å². The Morgan fingerprint density at radius 3 is 2.67 bits per heavy atom. The Kier molecular flexibility index (Phi) is 6.75. The molecular formula is C9H15NO4S. The quantitative estimate of drug-likeness (QED) is 0.394. The summed E-state index contributed by atoms with van der Waals surface area (Å²) in [7, 11) is -2.16. The third-order valence-corrected chi connectivity index (χ3v) is 2.94. The third kappa shape index (κ3) is 7.97. The Morgan fingerprint density at radius 1 is 1.47 bits per heavy atom. The number of nitrogens with one attached hydrogen (secondary N) is 1. The summed E-state index contributed by atoms with van der Waals surface area (Å²) < 4.78 is 29.2. The molecule has 0 aliphatic heterocycles. The second-order valence-corrected chi connectivity index (χ2v) is 4.64. The van der Waals surface area contributed by atoms with Gasteiger partial charge in [-0.25, -0.2) is 13.1 Å². The van der Waals surface area contributed by atoms with E-state index in [4.69, 9.17) is 0 Å². The molecule has 86 valence electrons. The fourth-order valence-electron chi connectivity index (χ4n) is 0.786. The molecule has 0 saturated carbocycles. The van der Waals surface area contributed by atoms with Gasteiger partial charge in [-0.2, -0.15) is 0 Å². The highest BCUT2D eigenvalue weighted by atomic mass is 32.2. The van der Waals surface area contributed by atoms with E-state index in [2.05, 4.69) is 21.3 Å². The Hall–Kier alpha value is -1.06. The summed E-state index contributed by atoms with van der Waals surface area (Å²) in [6.07, 6.45) is 0.333. The zero-order valence-electron chi connectivity index (χ0n) is 8.87. The Labute approximate surface area is 90.2 Å². The lowest BCUT2D eigenvalue weighted by molar-refractivity contribution is -0.140. The highest BCUT2D eigenvalue weighted by Gasteiger charge is 2.12. The van der Waals surface area contributed by atoms with Gasteiger partial charge in [0.05, 0.1) is 19.3 Å². The first-order valence-electron chi connectivity index (χ1n) is 4.45. The summed E-state index contributed by atoms with van der Waals surface area (Å²) in [4.78, 5) is 10.7. The molecule has 0 aliphatic rings. The van der Waals surface area contributed by atoms with Crippen LogP contribution in [0.2, 0.25) is 0 Å². The maximum atomic E-state index is 11.2. The number of esters is 1. The van der Waals surface area contributed by atoms with Crippen LogP contribution in [0.1, 0.15) is 19.8 Å². The molecule has 0 atom stereocenters. The predicted octanol–water partition coefficient (Wildman–Crippen LogP) is -0.118. The maximum Gasteiger partial charge on any atom is 0.306 e. The molecule has 0 aromatic rings. The van der Waals surface area contributed by atoms with Gasteiger partial charge in [0.15, 0.2) is 0 Å². The molecule has 0 radical (unpaired) electrons. The molecule has 6 heteroatoms. The zero-order chi connectivity index (χ0) is 11.7. The van der Waals surface area contributed by atoms with Crippen LogP contribution in [-0.4, -0.2) is 33.8 Å². The molecule has 0 bridgehead atoms. The lowest BCUT2D eigenvalue weighted by atomic mass is 10.4. The molecule has 0 aromatic carbocycles. The first-order valence-corrected chi connectivity index (χ1v) is 6.11. The Balaban J connectivity index is 3.86. The van der Waals surface area contributed by atoms with Crippen LogP contribution in [0, 0.1) is 11.8 Å². The lowest BCUT2D eigenvalue weighted by Crippen LogP contribution is -2.28. The summed E-state index contributed by atoms with van der Waals surface area (Å²) in [6, 6.07) is 0. The van der Waals surface area contributed by atoms with Crippen molar-refractivity contribution in [3.63, 3.8) is 0 Å². The first-order chi connectivity index (χ1) is 7.02. The number of carbonyl (C=O) groups is 1. The average Bonchev–Trinajstić information content (AvgIpc) is 2.21. The predicted molar refractivity (Wildman–Crippen MR) is 56.5 cm³/mol. The zero-order valence-corrected chi connectivity index (χ0v) is 9.69. The molecule has 0 saturated heterocycles. The smallest absolute Gasteiger partial charge is 0.306 e. The maximum absolute atomic E-state index is 11.2. The van der Waals surface area contributed by atoms with E-state index >= 15 is 0 Å². The fourth-order valence-corrected chi connectivity index (χ4v) is 1.78. The summed E-state index contributed by atoms with van der Waals surface area (Å²) >= 11 is 0. The van der Waals surface area contributed by atoms with Gasteiger partial charge in [0.2, 0.25) is 10.0 Å². The molecule has 0 fully saturated rings. The standard InChI is InChI=1S/C9H15NO4S/c1-3-4-5-7-10-15(12,13)8-6-9(11)14-2/h10H,5-8H2,1-2H3. The molecule has 5 nitrogen and oxygen atoms in total. The van der Waals surface area contributed by atoms with Crippen molar-refractivity contribution >= 4 is 16.0 Å². The highest BCUT2D eigenvalue weighted by molar-refractivity contribution is 7.89. The van der Waals surface area contributed by atoms with Crippen LogP contribution in [-0.2, 0) is 19.6 Å². The SMILES string of the molecule is CC#CCCNS(=O)(=O)CCC(=O)OC. The Bertz CT molecular complexity index is 350. The number of methoxy groups -OCH3 is 1. The van der Waals surface area contributed by atoms with Crippen molar-refractivity contribution in [2.45, 2.75) is 19.8 Å². The van der Waals surface area contributed by atoms with Gasteiger partial charge in [-0.3, -0.25) is 4.79 Å². The molecule has 15 heavy (non-hydrogen) atoms. The van der Waals surface area contributed by atoms with Gasteiger partial charge >= 0.3 is 5.97 Å². The van der Waals surface area contributed by atoms with Crippen molar-refractivity contribution in [3.05, 3.63) is 0 Å².